The Balaban J connectivity index is 1.84. The van der Waals surface area contributed by atoms with E-state index >= 15 is 0 Å². The molecule has 4 aromatic rings. The van der Waals surface area contributed by atoms with E-state index in [1.165, 1.54) is 47.2 Å². The van der Waals surface area contributed by atoms with Crippen molar-refractivity contribution in [3.8, 4) is 0 Å². The second-order valence-corrected chi connectivity index (χ2v) is 16.3. The summed E-state index contributed by atoms with van der Waals surface area (Å²) in [6, 6.07) is 9.66. The Kier molecular flexibility index (Phi) is 13.0. The third kappa shape index (κ3) is 6.47. The fraction of sp³-hybridized carbons (Fsp3) is 0.560. The van der Waals surface area contributed by atoms with E-state index in [1.54, 1.807) is 11.1 Å². The molecule has 6 heteroatoms. The first-order valence-corrected chi connectivity index (χ1v) is 22.0. The van der Waals surface area contributed by atoms with Gasteiger partial charge in [0.1, 0.15) is 0 Å². The Morgan fingerprint density at radius 3 is 0.964 bits per heavy atom. The molecule has 2 aliphatic heterocycles. The highest BCUT2D eigenvalue weighted by atomic mass is 17.2. The smallest absolute Gasteiger partial charge is 0.339 e. The SMILES string of the molecule is CCCc1c(CCC)c(CCC)c2cc3c(cc2c1CCC)[C@]1(CCC)OO[C@@]3(CCC)c2cc3c(CCC)c(C(=O)OC)c(C(=O)OC)c(CCC)c3cc21. The standard InChI is InChI=1S/C50H66O6/c1-11-19-31-32(20-12-2)34(22-14-4)38-28-42-41(27-37(38)33(31)21-13-3)49(25-17-7)43-29-39-35(23-15-5)45(47(51)53-9)46(48(52)54-10)36(24-16-6)40(39)30-44(43)50(42,26-18-8)56-55-49/h27-30H,11-26H2,1-10H3/t49-,50+. The lowest BCUT2D eigenvalue weighted by Crippen LogP contribution is -2.52. The van der Waals surface area contributed by atoms with Crippen LogP contribution in [0.25, 0.3) is 21.5 Å². The predicted molar refractivity (Wildman–Crippen MR) is 228 cm³/mol. The molecule has 0 saturated carbocycles. The van der Waals surface area contributed by atoms with Gasteiger partial charge in [0.25, 0.3) is 0 Å². The predicted octanol–water partition coefficient (Wildman–Crippen LogP) is 12.6. The first-order valence-electron chi connectivity index (χ1n) is 22.0. The van der Waals surface area contributed by atoms with Gasteiger partial charge in [-0.2, -0.15) is 0 Å². The normalized spacial score (nSPS) is 18.4. The first kappa shape index (κ1) is 41.9. The summed E-state index contributed by atoms with van der Waals surface area (Å²) >= 11 is 0. The third-order valence-corrected chi connectivity index (χ3v) is 12.6. The van der Waals surface area contributed by atoms with E-state index in [0.29, 0.717) is 24.0 Å². The largest absolute Gasteiger partial charge is 0.465 e. The molecule has 0 amide bonds. The molecular formula is C50H66O6. The summed E-state index contributed by atoms with van der Waals surface area (Å²) in [6.07, 6.45) is 14.8. The molecule has 1 aliphatic carbocycles. The van der Waals surface area contributed by atoms with Gasteiger partial charge in [0, 0.05) is 0 Å². The van der Waals surface area contributed by atoms with Gasteiger partial charge < -0.3 is 9.47 Å². The average Bonchev–Trinajstić information content (AvgIpc) is 3.20. The quantitative estimate of drug-likeness (QED) is 0.0742. The molecule has 56 heavy (non-hydrogen) atoms. The fourth-order valence-electron chi connectivity index (χ4n) is 10.6. The van der Waals surface area contributed by atoms with E-state index in [2.05, 4.69) is 79.7 Å². The van der Waals surface area contributed by atoms with E-state index in [0.717, 1.165) is 123 Å². The minimum atomic E-state index is -0.848. The molecular weight excluding hydrogens is 697 g/mol. The van der Waals surface area contributed by atoms with Gasteiger partial charge >= 0.3 is 11.9 Å². The zero-order valence-electron chi connectivity index (χ0n) is 36.1. The van der Waals surface area contributed by atoms with Gasteiger partial charge in [-0.15, -0.1) is 0 Å². The summed E-state index contributed by atoms with van der Waals surface area (Å²) in [6.45, 7) is 17.9. The van der Waals surface area contributed by atoms with Crippen LogP contribution in [0.2, 0.25) is 0 Å². The van der Waals surface area contributed by atoms with Crippen LogP contribution >= 0.6 is 0 Å². The van der Waals surface area contributed by atoms with Crippen LogP contribution in [-0.4, -0.2) is 26.2 Å². The van der Waals surface area contributed by atoms with Crippen molar-refractivity contribution in [3.05, 3.63) is 91.0 Å². The number of hydrogen-bond acceptors (Lipinski definition) is 6. The van der Waals surface area contributed by atoms with Crippen molar-refractivity contribution in [1.29, 1.82) is 0 Å². The molecule has 7 rings (SSSR count). The average molecular weight is 763 g/mol. The van der Waals surface area contributed by atoms with E-state index in [4.69, 9.17) is 19.2 Å². The molecule has 0 fully saturated rings. The summed E-state index contributed by atoms with van der Waals surface area (Å²) in [5.74, 6) is -1.02. The van der Waals surface area contributed by atoms with E-state index in [9.17, 15) is 9.59 Å². The molecule has 3 aliphatic rings. The topological polar surface area (TPSA) is 71.1 Å². The van der Waals surface area contributed by atoms with Gasteiger partial charge in [-0.05, 0) is 153 Å². The van der Waals surface area contributed by atoms with Crippen molar-refractivity contribution >= 4 is 33.5 Å². The van der Waals surface area contributed by atoms with Crippen molar-refractivity contribution in [3.63, 3.8) is 0 Å². The van der Waals surface area contributed by atoms with Crippen molar-refractivity contribution < 1.29 is 28.8 Å². The molecule has 2 bridgehead atoms. The van der Waals surface area contributed by atoms with Crippen LogP contribution in [0, 0.1) is 0 Å². The highest BCUT2D eigenvalue weighted by Gasteiger charge is 2.59. The van der Waals surface area contributed by atoms with Crippen LogP contribution in [0.3, 0.4) is 0 Å². The number of benzene rings is 4. The van der Waals surface area contributed by atoms with Crippen molar-refractivity contribution in [2.45, 2.75) is 169 Å². The summed E-state index contributed by atoms with van der Waals surface area (Å²) in [5, 5.41) is 4.72. The van der Waals surface area contributed by atoms with Crippen LogP contribution in [-0.2, 0) is 69.0 Å². The van der Waals surface area contributed by atoms with Crippen molar-refractivity contribution in [2.75, 3.05) is 14.2 Å². The van der Waals surface area contributed by atoms with Crippen molar-refractivity contribution in [1.82, 2.24) is 0 Å². The molecule has 2 heterocycles. The monoisotopic (exact) mass is 762 g/mol. The maximum atomic E-state index is 13.8. The van der Waals surface area contributed by atoms with Gasteiger partial charge in [-0.3, -0.25) is 0 Å². The molecule has 4 aromatic carbocycles. The molecule has 0 N–H and O–H groups in total. The van der Waals surface area contributed by atoms with E-state index in [-0.39, 0.29) is 0 Å². The molecule has 2 atom stereocenters. The maximum absolute atomic E-state index is 13.8. The highest BCUT2D eigenvalue weighted by molar-refractivity contribution is 6.12. The lowest BCUT2D eigenvalue weighted by atomic mass is 9.62. The van der Waals surface area contributed by atoms with Crippen molar-refractivity contribution in [2.24, 2.45) is 0 Å². The Morgan fingerprint density at radius 2 is 0.696 bits per heavy atom. The highest BCUT2D eigenvalue weighted by Crippen LogP contribution is 2.61. The molecule has 0 spiro atoms. The number of fused-ring (bicyclic) bond motifs is 3. The minimum Gasteiger partial charge on any atom is -0.465 e. The van der Waals surface area contributed by atoms with E-state index < -0.39 is 23.1 Å². The van der Waals surface area contributed by atoms with E-state index in [1.807, 2.05) is 0 Å². The fourth-order valence-corrected chi connectivity index (χ4v) is 10.6. The second-order valence-electron chi connectivity index (χ2n) is 16.3. The Morgan fingerprint density at radius 1 is 0.429 bits per heavy atom. The number of hydrogen-bond donors (Lipinski definition) is 0. The van der Waals surface area contributed by atoms with Gasteiger partial charge in [-0.1, -0.05) is 107 Å². The molecule has 302 valence electrons. The minimum absolute atomic E-state index is 0.327. The summed E-state index contributed by atoms with van der Waals surface area (Å²) < 4.78 is 10.8. The van der Waals surface area contributed by atoms with Gasteiger partial charge in [-0.25, -0.2) is 19.4 Å². The number of carbonyl (C=O) groups is 2. The van der Waals surface area contributed by atoms with Gasteiger partial charge in [0.2, 0.25) is 0 Å². The lowest BCUT2D eigenvalue weighted by molar-refractivity contribution is -0.431. The van der Waals surface area contributed by atoms with Crippen LogP contribution in [0.5, 0.6) is 0 Å². The zero-order valence-corrected chi connectivity index (χ0v) is 36.1. The summed E-state index contributed by atoms with van der Waals surface area (Å²) in [7, 11) is 2.78. The Bertz CT molecular complexity index is 1980. The molecule has 0 saturated heterocycles. The second kappa shape index (κ2) is 17.4. The Labute approximate surface area is 335 Å². The van der Waals surface area contributed by atoms with Crippen LogP contribution in [0.15, 0.2) is 24.3 Å². The third-order valence-electron chi connectivity index (χ3n) is 12.6. The van der Waals surface area contributed by atoms with Gasteiger partial charge in [0.05, 0.1) is 25.3 Å². The first-order chi connectivity index (χ1) is 27.2. The number of rotatable bonds is 18. The maximum Gasteiger partial charge on any atom is 0.339 e. The number of methoxy groups -OCH3 is 2. The molecule has 0 radical (unpaired) electrons. The summed E-state index contributed by atoms with van der Waals surface area (Å²) in [5.41, 5.74) is 11.5. The number of ether oxygens (including phenoxy) is 2. The lowest BCUT2D eigenvalue weighted by Gasteiger charge is -2.54. The van der Waals surface area contributed by atoms with Crippen LogP contribution < -0.4 is 0 Å². The molecule has 6 nitrogen and oxygen atoms in total. The van der Waals surface area contributed by atoms with Crippen LogP contribution in [0.1, 0.15) is 196 Å². The van der Waals surface area contributed by atoms with Crippen LogP contribution in [0.4, 0.5) is 0 Å². The van der Waals surface area contributed by atoms with Gasteiger partial charge in [0.15, 0.2) is 11.2 Å². The number of carbonyl (C=O) groups excluding carboxylic acids is 2. The zero-order chi connectivity index (χ0) is 40.4. The molecule has 0 aromatic heterocycles. The Hall–Kier alpha value is -3.74. The number of esters is 2. The summed E-state index contributed by atoms with van der Waals surface area (Å²) in [4.78, 5) is 41.4. The number of aryl methyl sites for hydroxylation is 4. The molecule has 0 unspecified atom stereocenters.